The van der Waals surface area contributed by atoms with Crippen molar-refractivity contribution >= 4 is 40.9 Å². The van der Waals surface area contributed by atoms with Crippen LogP contribution in [0.25, 0.3) is 0 Å². The summed E-state index contributed by atoms with van der Waals surface area (Å²) in [5, 5.41) is 14.6. The van der Waals surface area contributed by atoms with Gasteiger partial charge in [0.15, 0.2) is 0 Å². The van der Waals surface area contributed by atoms with Crippen molar-refractivity contribution in [1.29, 1.82) is 0 Å². The van der Waals surface area contributed by atoms with Crippen LogP contribution in [-0.4, -0.2) is 34.4 Å². The van der Waals surface area contributed by atoms with Crippen LogP contribution < -0.4 is 10.6 Å². The number of aryl methyl sites for hydroxylation is 1. The lowest BCUT2D eigenvalue weighted by Crippen LogP contribution is -2.18. The Bertz CT molecular complexity index is 821. The highest BCUT2D eigenvalue weighted by Crippen LogP contribution is 2.19. The second-order valence-corrected chi connectivity index (χ2v) is 7.13. The van der Waals surface area contributed by atoms with E-state index >= 15 is 0 Å². The first-order valence-electron chi connectivity index (χ1n) is 8.42. The monoisotopic (exact) mass is 386 g/mol. The van der Waals surface area contributed by atoms with Gasteiger partial charge in [-0.3, -0.25) is 14.4 Å². The molecular weight excluding hydrogens is 364 g/mol. The molecule has 0 spiro atoms. The third-order valence-electron chi connectivity index (χ3n) is 3.84. The fraction of sp³-hybridized carbons (Fsp3) is 0.250. The van der Waals surface area contributed by atoms with Crippen LogP contribution in [-0.2, 0) is 14.4 Å². The maximum atomic E-state index is 12.0. The number of hydrogen-bond donors (Lipinski definition) is 3. The van der Waals surface area contributed by atoms with Crippen LogP contribution in [0.4, 0.5) is 11.4 Å². The Morgan fingerprint density at radius 2 is 1.56 bits per heavy atom. The van der Waals surface area contributed by atoms with Crippen molar-refractivity contribution < 1.29 is 19.5 Å². The van der Waals surface area contributed by atoms with E-state index in [2.05, 4.69) is 10.6 Å². The Hall–Kier alpha value is -2.80. The molecule has 0 fully saturated rings. The van der Waals surface area contributed by atoms with Gasteiger partial charge in [0.1, 0.15) is 0 Å². The molecule has 0 bridgehead atoms. The van der Waals surface area contributed by atoms with Crippen LogP contribution in [0.1, 0.15) is 24.0 Å². The normalized spacial score (nSPS) is 11.5. The molecule has 0 aromatic heterocycles. The van der Waals surface area contributed by atoms with Crippen LogP contribution in [0.15, 0.2) is 48.5 Å². The highest BCUT2D eigenvalue weighted by Gasteiger charge is 2.14. The Labute approximate surface area is 162 Å². The molecule has 1 atom stereocenters. The van der Waals surface area contributed by atoms with Gasteiger partial charge in [0.25, 0.3) is 0 Å². The number of aliphatic carboxylic acids is 1. The number of carboxylic acid groups (broad SMARTS) is 1. The van der Waals surface area contributed by atoms with Crippen LogP contribution in [0, 0.1) is 6.92 Å². The average Bonchev–Trinajstić information content (AvgIpc) is 2.63. The van der Waals surface area contributed by atoms with Crippen molar-refractivity contribution in [1.82, 2.24) is 0 Å². The Kier molecular flexibility index (Phi) is 7.43. The summed E-state index contributed by atoms with van der Waals surface area (Å²) in [4.78, 5) is 35.0. The third-order valence-corrected chi connectivity index (χ3v) is 4.78. The number of amides is 2. The quantitative estimate of drug-likeness (QED) is 0.645. The van der Waals surface area contributed by atoms with Crippen LogP contribution >= 0.6 is 11.8 Å². The molecule has 0 saturated carbocycles. The largest absolute Gasteiger partial charge is 0.481 e. The van der Waals surface area contributed by atoms with Gasteiger partial charge < -0.3 is 15.7 Å². The molecule has 0 aliphatic heterocycles. The summed E-state index contributed by atoms with van der Waals surface area (Å²) >= 11 is 1.21. The van der Waals surface area contributed by atoms with Crippen molar-refractivity contribution in [3.05, 3.63) is 59.7 Å². The number of carboxylic acids is 1. The predicted octanol–water partition coefficient (Wildman–Crippen LogP) is 3.49. The number of rotatable bonds is 8. The molecule has 2 amide bonds. The van der Waals surface area contributed by atoms with Gasteiger partial charge in [-0.25, -0.2) is 0 Å². The van der Waals surface area contributed by atoms with Crippen molar-refractivity contribution in [2.24, 2.45) is 0 Å². The zero-order valence-corrected chi connectivity index (χ0v) is 16.0. The summed E-state index contributed by atoms with van der Waals surface area (Å²) in [6.45, 7) is 3.56. The molecule has 3 N–H and O–H groups in total. The molecule has 0 radical (unpaired) electrons. The van der Waals surface area contributed by atoms with Gasteiger partial charge >= 0.3 is 5.97 Å². The summed E-state index contributed by atoms with van der Waals surface area (Å²) in [5.41, 5.74) is 2.99. The number of hydrogen-bond acceptors (Lipinski definition) is 4. The van der Waals surface area contributed by atoms with E-state index in [1.165, 1.54) is 11.8 Å². The van der Waals surface area contributed by atoms with Crippen molar-refractivity contribution in [3.63, 3.8) is 0 Å². The van der Waals surface area contributed by atoms with Gasteiger partial charge in [-0.05, 0) is 43.7 Å². The van der Waals surface area contributed by atoms with E-state index in [9.17, 15) is 14.4 Å². The first kappa shape index (κ1) is 20.5. The summed E-state index contributed by atoms with van der Waals surface area (Å²) in [6.07, 6.45) is 0. The molecular formula is C20H22N2O4S. The predicted molar refractivity (Wildman–Crippen MR) is 108 cm³/mol. The number of carbonyl (C=O) groups is 3. The fourth-order valence-corrected chi connectivity index (χ4v) is 2.91. The number of carbonyl (C=O) groups excluding carboxylic acids is 2. The summed E-state index contributed by atoms with van der Waals surface area (Å²) in [6, 6.07) is 14.2. The number of anilines is 2. The molecule has 142 valence electrons. The second-order valence-electron chi connectivity index (χ2n) is 6.14. The zero-order valence-electron chi connectivity index (χ0n) is 15.2. The summed E-state index contributed by atoms with van der Waals surface area (Å²) in [7, 11) is 0. The Morgan fingerprint density at radius 1 is 0.963 bits per heavy atom. The van der Waals surface area contributed by atoms with E-state index in [0.717, 1.165) is 11.3 Å². The van der Waals surface area contributed by atoms with Gasteiger partial charge in [-0.2, -0.15) is 0 Å². The number of benzene rings is 2. The fourth-order valence-electron chi connectivity index (χ4n) is 2.30. The van der Waals surface area contributed by atoms with Crippen LogP contribution in [0.3, 0.4) is 0 Å². The topological polar surface area (TPSA) is 95.5 Å². The van der Waals surface area contributed by atoms with E-state index in [1.54, 1.807) is 31.2 Å². The molecule has 0 aliphatic rings. The van der Waals surface area contributed by atoms with Gasteiger partial charge in [-0.15, -0.1) is 11.8 Å². The molecule has 0 saturated heterocycles. The number of thioether (sulfide) groups is 1. The van der Waals surface area contributed by atoms with Gasteiger partial charge in [0, 0.05) is 11.4 Å². The lowest BCUT2D eigenvalue weighted by molar-refractivity contribution is -0.138. The molecule has 2 aromatic rings. The Morgan fingerprint density at radius 3 is 2.15 bits per heavy atom. The lowest BCUT2D eigenvalue weighted by Gasteiger charge is -2.10. The summed E-state index contributed by atoms with van der Waals surface area (Å²) < 4.78 is 0. The molecule has 0 heterocycles. The van der Waals surface area contributed by atoms with Crippen molar-refractivity contribution in [2.45, 2.75) is 19.8 Å². The van der Waals surface area contributed by atoms with Crippen molar-refractivity contribution in [2.75, 3.05) is 22.1 Å². The smallest absolute Gasteiger partial charge is 0.310 e. The zero-order chi connectivity index (χ0) is 19.8. The molecule has 0 aliphatic carbocycles. The molecule has 6 nitrogen and oxygen atoms in total. The first-order chi connectivity index (χ1) is 12.8. The van der Waals surface area contributed by atoms with Crippen LogP contribution in [0.2, 0.25) is 0 Å². The van der Waals surface area contributed by atoms with Gasteiger partial charge in [-0.1, -0.05) is 29.8 Å². The minimum atomic E-state index is -0.923. The summed E-state index contributed by atoms with van der Waals surface area (Å²) in [5.74, 6) is -1.70. The minimum absolute atomic E-state index is 0.125. The second kappa shape index (κ2) is 9.78. The van der Waals surface area contributed by atoms with Gasteiger partial charge in [0.05, 0.1) is 17.4 Å². The van der Waals surface area contributed by atoms with E-state index < -0.39 is 11.9 Å². The van der Waals surface area contributed by atoms with E-state index in [-0.39, 0.29) is 23.3 Å². The maximum Gasteiger partial charge on any atom is 0.310 e. The van der Waals surface area contributed by atoms with Crippen molar-refractivity contribution in [3.8, 4) is 0 Å². The van der Waals surface area contributed by atoms with Crippen LogP contribution in [0.5, 0.6) is 0 Å². The SMILES string of the molecule is Cc1ccc(NC(=O)CSCC(=O)Nc2cccc(C(C)C(=O)O)c2)cc1. The lowest BCUT2D eigenvalue weighted by atomic mass is 10.0. The van der Waals surface area contributed by atoms with Gasteiger partial charge in [0.2, 0.25) is 11.8 Å². The number of nitrogens with one attached hydrogen (secondary N) is 2. The Balaban J connectivity index is 1.77. The van der Waals surface area contributed by atoms with E-state index in [1.807, 2.05) is 31.2 Å². The molecule has 7 heteroatoms. The third kappa shape index (κ3) is 6.79. The molecule has 1 unspecified atom stereocenters. The highest BCUT2D eigenvalue weighted by atomic mass is 32.2. The maximum absolute atomic E-state index is 12.0. The molecule has 27 heavy (non-hydrogen) atoms. The minimum Gasteiger partial charge on any atom is -0.481 e. The molecule has 2 aromatic carbocycles. The average molecular weight is 386 g/mol. The standard InChI is InChI=1S/C20H22N2O4S/c1-13-6-8-16(9-7-13)21-18(23)11-27-12-19(24)22-17-5-3-4-15(10-17)14(2)20(25)26/h3-10,14H,11-12H2,1-2H3,(H,21,23)(H,22,24)(H,25,26). The van der Waals surface area contributed by atoms with E-state index in [4.69, 9.17) is 5.11 Å². The first-order valence-corrected chi connectivity index (χ1v) is 9.57. The van der Waals surface area contributed by atoms with E-state index in [0.29, 0.717) is 11.3 Å². The highest BCUT2D eigenvalue weighted by molar-refractivity contribution is 8.00. The molecule has 2 rings (SSSR count).